The number of hydrogen-bond donors (Lipinski definition) is 1. The molecule has 0 fully saturated rings. The normalized spacial score (nSPS) is 11.0. The SMILES string of the molecule is CCOc1cc(/C=C(\C#N)C(=O)Nc2cccc(C)c2C)cc(Br)c1OCc1cccc(C)c1. The fraction of sp³-hybridized carbons (Fsp3) is 0.214. The van der Waals surface area contributed by atoms with E-state index in [-0.39, 0.29) is 5.57 Å². The van der Waals surface area contributed by atoms with Gasteiger partial charge in [0.25, 0.3) is 5.91 Å². The number of benzene rings is 3. The van der Waals surface area contributed by atoms with Gasteiger partial charge in [-0.25, -0.2) is 0 Å². The van der Waals surface area contributed by atoms with Gasteiger partial charge in [0, 0.05) is 5.69 Å². The number of halogens is 1. The third kappa shape index (κ3) is 6.27. The second kappa shape index (κ2) is 11.5. The van der Waals surface area contributed by atoms with Gasteiger partial charge in [-0.3, -0.25) is 4.79 Å². The minimum atomic E-state index is -0.468. The van der Waals surface area contributed by atoms with Crippen LogP contribution in [0.4, 0.5) is 5.69 Å². The van der Waals surface area contributed by atoms with Crippen LogP contribution in [0.2, 0.25) is 0 Å². The highest BCUT2D eigenvalue weighted by molar-refractivity contribution is 9.10. The lowest BCUT2D eigenvalue weighted by atomic mass is 10.1. The van der Waals surface area contributed by atoms with Crippen molar-refractivity contribution in [3.05, 3.63) is 92.5 Å². The molecular formula is C28H27BrN2O3. The van der Waals surface area contributed by atoms with Crippen LogP contribution in [0.1, 0.15) is 34.7 Å². The van der Waals surface area contributed by atoms with E-state index in [1.807, 2.05) is 70.2 Å². The average Bonchev–Trinajstić information content (AvgIpc) is 2.80. The van der Waals surface area contributed by atoms with Crippen molar-refractivity contribution in [1.82, 2.24) is 0 Å². The number of nitrogens with zero attached hydrogens (tertiary/aromatic N) is 1. The summed E-state index contributed by atoms with van der Waals surface area (Å²) in [4.78, 5) is 12.8. The van der Waals surface area contributed by atoms with Gasteiger partial charge < -0.3 is 14.8 Å². The first-order valence-corrected chi connectivity index (χ1v) is 11.8. The molecule has 174 valence electrons. The van der Waals surface area contributed by atoms with Gasteiger partial charge in [-0.05, 0) is 90.2 Å². The van der Waals surface area contributed by atoms with Crippen molar-refractivity contribution in [3.63, 3.8) is 0 Å². The number of ether oxygens (including phenoxy) is 2. The summed E-state index contributed by atoms with van der Waals surface area (Å²) in [5.41, 5.74) is 5.55. The molecule has 3 aromatic carbocycles. The van der Waals surface area contributed by atoms with E-state index in [0.717, 1.165) is 22.3 Å². The topological polar surface area (TPSA) is 71.3 Å². The molecule has 5 nitrogen and oxygen atoms in total. The molecule has 0 aliphatic rings. The third-order valence-corrected chi connectivity index (χ3v) is 5.92. The van der Waals surface area contributed by atoms with Crippen molar-refractivity contribution in [3.8, 4) is 17.6 Å². The first-order chi connectivity index (χ1) is 16.3. The zero-order valence-corrected chi connectivity index (χ0v) is 21.3. The molecule has 0 atom stereocenters. The Morgan fingerprint density at radius 3 is 2.56 bits per heavy atom. The van der Waals surface area contributed by atoms with Gasteiger partial charge in [-0.15, -0.1) is 0 Å². The molecule has 1 N–H and O–H groups in total. The highest BCUT2D eigenvalue weighted by Gasteiger charge is 2.15. The molecule has 0 aliphatic heterocycles. The van der Waals surface area contributed by atoms with Gasteiger partial charge in [-0.1, -0.05) is 42.0 Å². The monoisotopic (exact) mass is 518 g/mol. The highest BCUT2D eigenvalue weighted by Crippen LogP contribution is 2.38. The van der Waals surface area contributed by atoms with Crippen LogP contribution in [-0.4, -0.2) is 12.5 Å². The number of aryl methyl sites for hydroxylation is 2. The lowest BCUT2D eigenvalue weighted by molar-refractivity contribution is -0.112. The van der Waals surface area contributed by atoms with Gasteiger partial charge in [0.2, 0.25) is 0 Å². The van der Waals surface area contributed by atoms with E-state index in [9.17, 15) is 10.1 Å². The number of amides is 1. The summed E-state index contributed by atoms with van der Waals surface area (Å²) >= 11 is 3.56. The van der Waals surface area contributed by atoms with Crippen molar-refractivity contribution in [2.45, 2.75) is 34.3 Å². The predicted molar refractivity (Wildman–Crippen MR) is 139 cm³/mol. The van der Waals surface area contributed by atoms with Crippen molar-refractivity contribution >= 4 is 33.6 Å². The Kier molecular flexibility index (Phi) is 8.50. The molecule has 0 unspecified atom stereocenters. The smallest absolute Gasteiger partial charge is 0.266 e. The maximum atomic E-state index is 12.8. The van der Waals surface area contributed by atoms with E-state index in [2.05, 4.69) is 27.3 Å². The van der Waals surface area contributed by atoms with Crippen molar-refractivity contribution < 1.29 is 14.3 Å². The molecule has 6 heteroatoms. The Hall–Kier alpha value is -3.56. The Morgan fingerprint density at radius 2 is 1.85 bits per heavy atom. The highest BCUT2D eigenvalue weighted by atomic mass is 79.9. The maximum Gasteiger partial charge on any atom is 0.266 e. The molecule has 34 heavy (non-hydrogen) atoms. The van der Waals surface area contributed by atoms with E-state index < -0.39 is 5.91 Å². The van der Waals surface area contributed by atoms with Crippen LogP contribution in [0.15, 0.2) is 64.6 Å². The van der Waals surface area contributed by atoms with Crippen LogP contribution in [0.3, 0.4) is 0 Å². The Bertz CT molecular complexity index is 1280. The summed E-state index contributed by atoms with van der Waals surface area (Å²) in [6, 6.07) is 19.3. The molecule has 3 aromatic rings. The van der Waals surface area contributed by atoms with Gasteiger partial charge in [0.1, 0.15) is 18.2 Å². The zero-order valence-electron chi connectivity index (χ0n) is 19.7. The van der Waals surface area contributed by atoms with Crippen molar-refractivity contribution in [2.75, 3.05) is 11.9 Å². The maximum absolute atomic E-state index is 12.8. The molecule has 3 rings (SSSR count). The number of anilines is 1. The average molecular weight is 519 g/mol. The van der Waals surface area contributed by atoms with E-state index in [1.54, 1.807) is 12.1 Å². The minimum absolute atomic E-state index is 0.0105. The van der Waals surface area contributed by atoms with Crippen LogP contribution in [0.5, 0.6) is 11.5 Å². The van der Waals surface area contributed by atoms with E-state index in [0.29, 0.717) is 40.4 Å². The predicted octanol–water partition coefficient (Wildman–Crippen LogP) is 6.90. The van der Waals surface area contributed by atoms with Crippen LogP contribution in [-0.2, 0) is 11.4 Å². The molecule has 0 bridgehead atoms. The first kappa shape index (κ1) is 25.1. The summed E-state index contributed by atoms with van der Waals surface area (Å²) < 4.78 is 12.5. The number of nitrogens with one attached hydrogen (secondary N) is 1. The Labute approximate surface area is 209 Å². The minimum Gasteiger partial charge on any atom is -0.490 e. The number of hydrogen-bond acceptors (Lipinski definition) is 4. The summed E-state index contributed by atoms with van der Waals surface area (Å²) in [6.45, 7) is 8.66. The summed E-state index contributed by atoms with van der Waals surface area (Å²) in [5.74, 6) is 0.631. The van der Waals surface area contributed by atoms with E-state index in [4.69, 9.17) is 9.47 Å². The number of rotatable bonds is 8. The molecule has 1 amide bonds. The zero-order chi connectivity index (χ0) is 24.7. The number of nitriles is 1. The van der Waals surface area contributed by atoms with Gasteiger partial charge in [-0.2, -0.15) is 5.26 Å². The second-order valence-electron chi connectivity index (χ2n) is 7.91. The fourth-order valence-corrected chi connectivity index (χ4v) is 4.00. The number of carbonyl (C=O) groups is 1. The molecule has 0 spiro atoms. The number of carbonyl (C=O) groups excluding carboxylic acids is 1. The van der Waals surface area contributed by atoms with E-state index in [1.165, 1.54) is 6.08 Å². The summed E-state index contributed by atoms with van der Waals surface area (Å²) in [6.07, 6.45) is 1.54. The van der Waals surface area contributed by atoms with Gasteiger partial charge >= 0.3 is 0 Å². The molecule has 0 heterocycles. The summed E-state index contributed by atoms with van der Waals surface area (Å²) in [5, 5.41) is 12.5. The van der Waals surface area contributed by atoms with Crippen LogP contribution < -0.4 is 14.8 Å². The first-order valence-electron chi connectivity index (χ1n) is 11.0. The molecule has 0 aliphatic carbocycles. The van der Waals surface area contributed by atoms with Crippen molar-refractivity contribution in [2.24, 2.45) is 0 Å². The van der Waals surface area contributed by atoms with Crippen LogP contribution in [0, 0.1) is 32.1 Å². The molecule has 0 aromatic heterocycles. The lowest BCUT2D eigenvalue weighted by Crippen LogP contribution is -2.14. The third-order valence-electron chi connectivity index (χ3n) is 5.33. The largest absolute Gasteiger partial charge is 0.490 e. The quantitative estimate of drug-likeness (QED) is 0.260. The Morgan fingerprint density at radius 1 is 1.09 bits per heavy atom. The lowest BCUT2D eigenvalue weighted by Gasteiger charge is -2.15. The Balaban J connectivity index is 1.86. The van der Waals surface area contributed by atoms with E-state index >= 15 is 0 Å². The molecule has 0 saturated heterocycles. The second-order valence-corrected chi connectivity index (χ2v) is 8.77. The standard InChI is InChI=1S/C28H27BrN2O3/c1-5-33-26-15-22(14-24(29)27(26)34-17-21-10-6-8-18(2)12-21)13-23(16-30)28(32)31-25-11-7-9-19(3)20(25)4/h6-15H,5,17H2,1-4H3,(H,31,32)/b23-13+. The molecule has 0 radical (unpaired) electrons. The molecule has 0 saturated carbocycles. The van der Waals surface area contributed by atoms with Gasteiger partial charge in [0.05, 0.1) is 11.1 Å². The fourth-order valence-electron chi connectivity index (χ4n) is 3.42. The van der Waals surface area contributed by atoms with Crippen LogP contribution >= 0.6 is 15.9 Å². The molecular weight excluding hydrogens is 492 g/mol. The summed E-state index contributed by atoms with van der Waals surface area (Å²) in [7, 11) is 0. The van der Waals surface area contributed by atoms with Crippen LogP contribution in [0.25, 0.3) is 6.08 Å². The van der Waals surface area contributed by atoms with Crippen molar-refractivity contribution in [1.29, 1.82) is 5.26 Å². The van der Waals surface area contributed by atoms with Gasteiger partial charge in [0.15, 0.2) is 11.5 Å².